The molecule has 0 N–H and O–H groups in total. The molecule has 2 aromatic carbocycles. The van der Waals surface area contributed by atoms with Crippen molar-refractivity contribution in [3.63, 3.8) is 0 Å². The van der Waals surface area contributed by atoms with E-state index in [1.165, 1.54) is 5.56 Å². The molecule has 0 amide bonds. The van der Waals surface area contributed by atoms with Crippen molar-refractivity contribution in [3.05, 3.63) is 77.9 Å². The third kappa shape index (κ3) is 4.80. The molecule has 124 valence electrons. The molecule has 0 radical (unpaired) electrons. The quantitative estimate of drug-likeness (QED) is 0.710. The van der Waals surface area contributed by atoms with Gasteiger partial charge >= 0.3 is 0 Å². The highest BCUT2D eigenvalue weighted by Gasteiger charge is 2.22. The lowest BCUT2D eigenvalue weighted by Gasteiger charge is -2.24. The Kier molecular flexibility index (Phi) is 5.80. The lowest BCUT2D eigenvalue weighted by atomic mass is 10.0. The van der Waals surface area contributed by atoms with E-state index >= 15 is 0 Å². The first kappa shape index (κ1) is 16.5. The molecule has 24 heavy (non-hydrogen) atoms. The maximum absolute atomic E-state index is 11.9. The SMILES string of the molecule is O=C1C=C(c2ccccc2)OC(CCCOCc2ccccc2)C1. The lowest BCUT2D eigenvalue weighted by molar-refractivity contribution is -0.117. The zero-order valence-corrected chi connectivity index (χ0v) is 13.7. The Morgan fingerprint density at radius 1 is 1.00 bits per heavy atom. The van der Waals surface area contributed by atoms with E-state index in [0.29, 0.717) is 25.4 Å². The van der Waals surface area contributed by atoms with Crippen LogP contribution >= 0.6 is 0 Å². The summed E-state index contributed by atoms with van der Waals surface area (Å²) in [6, 6.07) is 19.9. The summed E-state index contributed by atoms with van der Waals surface area (Å²) in [6.45, 7) is 1.30. The maximum atomic E-state index is 11.9. The van der Waals surface area contributed by atoms with Crippen LogP contribution < -0.4 is 0 Å². The highest BCUT2D eigenvalue weighted by Crippen LogP contribution is 2.25. The highest BCUT2D eigenvalue weighted by atomic mass is 16.5. The van der Waals surface area contributed by atoms with Gasteiger partial charge in [-0.2, -0.15) is 0 Å². The molecule has 1 heterocycles. The number of ether oxygens (including phenoxy) is 2. The van der Waals surface area contributed by atoms with Crippen LogP contribution in [-0.2, 0) is 20.9 Å². The van der Waals surface area contributed by atoms with Gasteiger partial charge in [0.25, 0.3) is 0 Å². The molecule has 3 rings (SSSR count). The number of ketones is 1. The molecule has 0 spiro atoms. The maximum Gasteiger partial charge on any atom is 0.163 e. The zero-order valence-electron chi connectivity index (χ0n) is 13.7. The summed E-state index contributed by atoms with van der Waals surface area (Å²) in [5.41, 5.74) is 2.13. The van der Waals surface area contributed by atoms with Crippen molar-refractivity contribution < 1.29 is 14.3 Å². The minimum atomic E-state index is -0.0574. The van der Waals surface area contributed by atoms with Gasteiger partial charge in [-0.05, 0) is 18.4 Å². The van der Waals surface area contributed by atoms with Crippen molar-refractivity contribution in [2.45, 2.75) is 32.0 Å². The van der Waals surface area contributed by atoms with Crippen molar-refractivity contribution in [1.82, 2.24) is 0 Å². The summed E-state index contributed by atoms with van der Waals surface area (Å²) in [4.78, 5) is 11.9. The van der Waals surface area contributed by atoms with Gasteiger partial charge in [-0.1, -0.05) is 60.7 Å². The molecule has 2 aromatic rings. The number of carbonyl (C=O) groups excluding carboxylic acids is 1. The standard InChI is InChI=1S/C21H22O3/c22-19-14-20(24-21(15-19)18-10-5-2-6-11-18)12-7-13-23-16-17-8-3-1-4-9-17/h1-6,8-11,15,20H,7,12-14,16H2. The molecule has 0 saturated carbocycles. The molecule has 0 bridgehead atoms. The van der Waals surface area contributed by atoms with E-state index in [9.17, 15) is 4.79 Å². The van der Waals surface area contributed by atoms with Crippen molar-refractivity contribution in [2.75, 3.05) is 6.61 Å². The Labute approximate surface area is 142 Å². The van der Waals surface area contributed by atoms with E-state index in [2.05, 4.69) is 12.1 Å². The molecule has 0 aromatic heterocycles. The monoisotopic (exact) mass is 322 g/mol. The van der Waals surface area contributed by atoms with E-state index in [-0.39, 0.29) is 11.9 Å². The Morgan fingerprint density at radius 3 is 2.46 bits per heavy atom. The average Bonchev–Trinajstić information content (AvgIpc) is 2.63. The van der Waals surface area contributed by atoms with Gasteiger partial charge in [0, 0.05) is 24.7 Å². The van der Waals surface area contributed by atoms with Crippen LogP contribution in [0.5, 0.6) is 0 Å². The van der Waals surface area contributed by atoms with Gasteiger partial charge in [-0.25, -0.2) is 0 Å². The first-order valence-electron chi connectivity index (χ1n) is 8.39. The molecular weight excluding hydrogens is 300 g/mol. The van der Waals surface area contributed by atoms with Crippen LogP contribution in [-0.4, -0.2) is 18.5 Å². The Balaban J connectivity index is 1.43. The van der Waals surface area contributed by atoms with Crippen molar-refractivity contribution in [3.8, 4) is 0 Å². The molecule has 1 unspecified atom stereocenters. The zero-order chi connectivity index (χ0) is 16.6. The second-order valence-corrected chi connectivity index (χ2v) is 5.97. The second-order valence-electron chi connectivity index (χ2n) is 5.97. The average molecular weight is 322 g/mol. The van der Waals surface area contributed by atoms with Crippen LogP contribution in [0.15, 0.2) is 66.7 Å². The first-order chi connectivity index (χ1) is 11.8. The second kappa shape index (κ2) is 8.46. The molecule has 0 saturated heterocycles. The molecular formula is C21H22O3. The Hall–Kier alpha value is -2.39. The number of hydrogen-bond acceptors (Lipinski definition) is 3. The smallest absolute Gasteiger partial charge is 0.163 e. The predicted molar refractivity (Wildman–Crippen MR) is 94.2 cm³/mol. The molecule has 1 atom stereocenters. The number of benzene rings is 2. The Bertz CT molecular complexity index is 677. The van der Waals surface area contributed by atoms with Gasteiger partial charge < -0.3 is 9.47 Å². The van der Waals surface area contributed by atoms with Gasteiger partial charge in [-0.3, -0.25) is 4.79 Å². The molecule has 0 fully saturated rings. The normalized spacial score (nSPS) is 17.2. The Morgan fingerprint density at radius 2 is 1.71 bits per heavy atom. The van der Waals surface area contributed by atoms with Crippen LogP contribution in [0, 0.1) is 0 Å². The molecule has 1 aliphatic heterocycles. The molecule has 1 aliphatic rings. The largest absolute Gasteiger partial charge is 0.489 e. The van der Waals surface area contributed by atoms with Gasteiger partial charge in [0.2, 0.25) is 0 Å². The van der Waals surface area contributed by atoms with E-state index in [1.807, 2.05) is 48.5 Å². The number of carbonyl (C=O) groups is 1. The predicted octanol–water partition coefficient (Wildman–Crippen LogP) is 4.38. The van der Waals surface area contributed by atoms with Crippen LogP contribution in [0.4, 0.5) is 0 Å². The fourth-order valence-corrected chi connectivity index (χ4v) is 2.78. The van der Waals surface area contributed by atoms with Gasteiger partial charge in [0.05, 0.1) is 6.61 Å². The van der Waals surface area contributed by atoms with Crippen molar-refractivity contribution in [2.24, 2.45) is 0 Å². The minimum absolute atomic E-state index is 0.0574. The summed E-state index contributed by atoms with van der Waals surface area (Å²) in [5, 5.41) is 0. The molecule has 3 heteroatoms. The molecule has 0 aliphatic carbocycles. The molecule has 3 nitrogen and oxygen atoms in total. The first-order valence-corrected chi connectivity index (χ1v) is 8.39. The lowest BCUT2D eigenvalue weighted by Crippen LogP contribution is -2.22. The number of hydrogen-bond donors (Lipinski definition) is 0. The topological polar surface area (TPSA) is 35.5 Å². The van der Waals surface area contributed by atoms with E-state index in [1.54, 1.807) is 6.08 Å². The summed E-state index contributed by atoms with van der Waals surface area (Å²) in [7, 11) is 0. The van der Waals surface area contributed by atoms with Crippen molar-refractivity contribution in [1.29, 1.82) is 0 Å². The van der Waals surface area contributed by atoms with E-state index < -0.39 is 0 Å². The highest BCUT2D eigenvalue weighted by molar-refractivity contribution is 5.97. The summed E-state index contributed by atoms with van der Waals surface area (Å²) >= 11 is 0. The van der Waals surface area contributed by atoms with E-state index in [4.69, 9.17) is 9.47 Å². The minimum Gasteiger partial charge on any atom is -0.489 e. The summed E-state index contributed by atoms with van der Waals surface area (Å²) in [5.74, 6) is 0.817. The van der Waals surface area contributed by atoms with E-state index in [0.717, 1.165) is 18.4 Å². The fourth-order valence-electron chi connectivity index (χ4n) is 2.78. The summed E-state index contributed by atoms with van der Waals surface area (Å²) in [6.07, 6.45) is 3.71. The number of allylic oxidation sites excluding steroid dienone is 1. The van der Waals surface area contributed by atoms with Crippen LogP contribution in [0.25, 0.3) is 5.76 Å². The van der Waals surface area contributed by atoms with Crippen LogP contribution in [0.3, 0.4) is 0 Å². The van der Waals surface area contributed by atoms with Crippen LogP contribution in [0.1, 0.15) is 30.4 Å². The van der Waals surface area contributed by atoms with Gasteiger partial charge in [-0.15, -0.1) is 0 Å². The fraction of sp³-hybridized carbons (Fsp3) is 0.286. The summed E-state index contributed by atoms with van der Waals surface area (Å²) < 4.78 is 11.7. The van der Waals surface area contributed by atoms with Crippen LogP contribution in [0.2, 0.25) is 0 Å². The third-order valence-corrected chi connectivity index (χ3v) is 4.00. The van der Waals surface area contributed by atoms with Gasteiger partial charge in [0.1, 0.15) is 11.9 Å². The number of rotatable bonds is 7. The van der Waals surface area contributed by atoms with Crippen molar-refractivity contribution >= 4 is 11.5 Å². The van der Waals surface area contributed by atoms with Gasteiger partial charge in [0.15, 0.2) is 5.78 Å². The third-order valence-electron chi connectivity index (χ3n) is 4.00.